The van der Waals surface area contributed by atoms with Crippen LogP contribution in [0.4, 0.5) is 4.39 Å². The van der Waals surface area contributed by atoms with E-state index in [4.69, 9.17) is 33.2 Å². The number of hydrogen-bond acceptors (Lipinski definition) is 17. The van der Waals surface area contributed by atoms with Crippen molar-refractivity contribution in [2.45, 2.75) is 204 Å². The number of aliphatic hydroxyl groups excluding tert-OH is 3. The van der Waals surface area contributed by atoms with Crippen LogP contribution in [0, 0.1) is 17.8 Å². The van der Waals surface area contributed by atoms with E-state index in [9.17, 15) is 34.7 Å². The van der Waals surface area contributed by atoms with Crippen LogP contribution in [0.15, 0.2) is 36.5 Å². The topological polar surface area (TPSA) is 220 Å². The van der Waals surface area contributed by atoms with Gasteiger partial charge in [0.05, 0.1) is 59.9 Å². The van der Waals surface area contributed by atoms with Crippen LogP contribution in [0.2, 0.25) is 0 Å². The van der Waals surface area contributed by atoms with Gasteiger partial charge < -0.3 is 68.5 Å². The molecule has 0 saturated carbocycles. The van der Waals surface area contributed by atoms with Gasteiger partial charge in [0.15, 0.2) is 12.6 Å². The van der Waals surface area contributed by atoms with Gasteiger partial charge in [-0.1, -0.05) is 44.2 Å². The molecule has 0 radical (unpaired) electrons. The molecule has 0 spiro atoms. The van der Waals surface area contributed by atoms with Crippen LogP contribution >= 0.6 is 0 Å². The van der Waals surface area contributed by atoms with E-state index in [1.54, 1.807) is 54.7 Å². The second kappa shape index (κ2) is 24.9. The highest BCUT2D eigenvalue weighted by molar-refractivity contribution is 5.73. The Labute approximate surface area is 415 Å². The summed E-state index contributed by atoms with van der Waals surface area (Å²) in [6.07, 6.45) is -6.68. The normalized spacial score (nSPS) is 40.3. The van der Waals surface area contributed by atoms with Crippen LogP contribution in [0.25, 0.3) is 0 Å². The second-order valence-electron chi connectivity index (χ2n) is 21.4. The number of methoxy groups -OCH3 is 1. The van der Waals surface area contributed by atoms with Gasteiger partial charge in [-0.3, -0.25) is 4.79 Å². The summed E-state index contributed by atoms with van der Waals surface area (Å²) in [5.74, 6) is -2.13. The van der Waals surface area contributed by atoms with E-state index in [2.05, 4.69) is 10.3 Å². The van der Waals surface area contributed by atoms with E-state index in [1.807, 2.05) is 68.1 Å². The van der Waals surface area contributed by atoms with Gasteiger partial charge in [-0.05, 0) is 99.9 Å². The molecule has 70 heavy (non-hydrogen) atoms. The average molecular weight is 996 g/mol. The highest BCUT2D eigenvalue weighted by Crippen LogP contribution is 2.40. The van der Waals surface area contributed by atoms with E-state index >= 15 is 0 Å². The zero-order chi connectivity index (χ0) is 51.9. The minimum Gasteiger partial charge on any atom is -0.494 e. The van der Waals surface area contributed by atoms with Gasteiger partial charge in [-0.25, -0.2) is 9.07 Å². The number of halogens is 1. The molecule has 19 atom stereocenters. The summed E-state index contributed by atoms with van der Waals surface area (Å²) in [7, 11) is 5.22. The number of likely N-dealkylation sites (N-methyl/N-ethyl adjacent to an activating group) is 2. The van der Waals surface area contributed by atoms with Crippen molar-refractivity contribution in [2.24, 2.45) is 17.8 Å². The van der Waals surface area contributed by atoms with Crippen molar-refractivity contribution in [1.82, 2.24) is 24.8 Å². The standard InChI is InChI=1S/C51H86FN5O13/c1-14-40-51(10,63)44(59)34(6)56(12)28-30(2)25-49(8,62)46(32(4)43(33(5)47(61)68-40)69-41-26-50(9,64-13)45(60)35(7)67-41)70-48-42(58)39(24-31(3)66-48)55(11)22-20-36-29-57(54-53-36)37(27-52)21-23-65-38-18-16-15-17-19-38/h15-19,29-35,37,39-46,48,58-60,62-63H,14,20-28H2,1-13H3/t30-,31-,32+,33-,34-,35+,37+,39+,40-,41+,42-,43+,44-,45+,46-,48+,49-,50-,51-/m1/s1. The minimum atomic E-state index is -1.84. The molecule has 0 unspecified atom stereocenters. The first-order valence-corrected chi connectivity index (χ1v) is 25.3. The molecule has 3 aliphatic rings. The van der Waals surface area contributed by atoms with E-state index in [-0.39, 0.29) is 31.3 Å². The predicted molar refractivity (Wildman–Crippen MR) is 258 cm³/mol. The first kappa shape index (κ1) is 58.0. The molecule has 5 rings (SSSR count). The maximum absolute atomic E-state index is 14.5. The zero-order valence-electron chi connectivity index (χ0n) is 43.9. The van der Waals surface area contributed by atoms with Gasteiger partial charge in [-0.15, -0.1) is 5.10 Å². The van der Waals surface area contributed by atoms with Crippen molar-refractivity contribution in [2.75, 3.05) is 47.6 Å². The van der Waals surface area contributed by atoms with Crippen LogP contribution in [0.1, 0.15) is 113 Å². The summed E-state index contributed by atoms with van der Waals surface area (Å²) in [6, 6.07) is 7.76. The van der Waals surface area contributed by atoms with Gasteiger partial charge in [0.25, 0.3) is 0 Å². The summed E-state index contributed by atoms with van der Waals surface area (Å²) < 4.78 is 59.8. The molecular weight excluding hydrogens is 910 g/mol. The lowest BCUT2D eigenvalue weighted by Gasteiger charge is -2.49. The second-order valence-corrected chi connectivity index (χ2v) is 21.4. The van der Waals surface area contributed by atoms with Crippen LogP contribution in [0.3, 0.4) is 0 Å². The number of carbonyl (C=O) groups is 1. The highest BCUT2D eigenvalue weighted by Gasteiger charge is 2.53. The maximum Gasteiger partial charge on any atom is 0.311 e. The fourth-order valence-corrected chi connectivity index (χ4v) is 10.8. The molecule has 18 nitrogen and oxygen atoms in total. The zero-order valence-corrected chi connectivity index (χ0v) is 43.9. The van der Waals surface area contributed by atoms with Gasteiger partial charge in [0, 0.05) is 63.7 Å². The van der Waals surface area contributed by atoms with E-state index < -0.39 is 115 Å². The third-order valence-electron chi connectivity index (χ3n) is 15.4. The fraction of sp³-hybridized carbons (Fsp3) is 0.824. The maximum atomic E-state index is 14.5. The van der Waals surface area contributed by atoms with Crippen LogP contribution in [-0.2, 0) is 39.6 Å². The van der Waals surface area contributed by atoms with E-state index in [0.717, 1.165) is 0 Å². The smallest absolute Gasteiger partial charge is 0.311 e. The molecule has 0 aliphatic carbocycles. The van der Waals surface area contributed by atoms with Crippen molar-refractivity contribution in [3.63, 3.8) is 0 Å². The molecule has 2 aromatic rings. The number of benzene rings is 1. The number of para-hydroxylation sites is 1. The SMILES string of the molecule is CC[C@H]1OC(=O)[C@H](C)[C@@H](O[C@H]2C[C@@](C)(OC)[C@@H](O)[C@H](C)O2)[C@H](C)[C@@H](O[C@@H]2O[C@H](C)C[C@H](N(C)CCc3cn([C@H](CF)CCOc4ccccc4)nn3)[C@H]2O)[C@](C)(O)C[C@@H](C)CN(C)[C@H](C)[C@@H](O)[C@]1(C)O. The quantitative estimate of drug-likeness (QED) is 0.150. The lowest BCUT2D eigenvalue weighted by atomic mass is 9.77. The number of rotatable bonds is 16. The van der Waals surface area contributed by atoms with Gasteiger partial charge >= 0.3 is 5.97 Å². The Morgan fingerprint density at radius 2 is 1.67 bits per heavy atom. The molecular formula is C51H86FN5O13. The number of alkyl halides is 1. The number of hydrogen-bond donors (Lipinski definition) is 5. The third kappa shape index (κ3) is 14.0. The molecule has 3 fully saturated rings. The summed E-state index contributed by atoms with van der Waals surface area (Å²) >= 11 is 0. The lowest BCUT2D eigenvalue weighted by Crippen LogP contribution is -2.61. The first-order valence-electron chi connectivity index (χ1n) is 25.3. The Morgan fingerprint density at radius 3 is 2.31 bits per heavy atom. The Balaban J connectivity index is 1.42. The summed E-state index contributed by atoms with van der Waals surface area (Å²) in [4.78, 5) is 18.4. The average Bonchev–Trinajstić information content (AvgIpc) is 3.79. The number of esters is 1. The summed E-state index contributed by atoms with van der Waals surface area (Å²) in [6.45, 7) is 18.0. The van der Waals surface area contributed by atoms with Crippen molar-refractivity contribution in [3.8, 4) is 5.75 Å². The van der Waals surface area contributed by atoms with Crippen LogP contribution < -0.4 is 4.74 Å². The van der Waals surface area contributed by atoms with E-state index in [1.165, 1.54) is 18.7 Å². The Bertz CT molecular complexity index is 1900. The highest BCUT2D eigenvalue weighted by atomic mass is 19.1. The Kier molecular flexibility index (Phi) is 20.6. The van der Waals surface area contributed by atoms with Crippen molar-refractivity contribution in [3.05, 3.63) is 42.2 Å². The molecule has 400 valence electrons. The largest absolute Gasteiger partial charge is 0.494 e. The summed E-state index contributed by atoms with van der Waals surface area (Å²) in [5.41, 5.74) is -3.91. The van der Waals surface area contributed by atoms with E-state index in [0.29, 0.717) is 50.4 Å². The molecule has 0 bridgehead atoms. The lowest BCUT2D eigenvalue weighted by molar-refractivity contribution is -0.318. The van der Waals surface area contributed by atoms with Gasteiger partial charge in [0.2, 0.25) is 0 Å². The van der Waals surface area contributed by atoms with Crippen LogP contribution in [-0.4, -0.2) is 194 Å². The fourth-order valence-electron chi connectivity index (χ4n) is 10.8. The number of aliphatic hydroxyl groups is 5. The Hall–Kier alpha value is -2.92. The van der Waals surface area contributed by atoms with Crippen molar-refractivity contribution < 1.29 is 67.9 Å². The molecule has 19 heteroatoms. The van der Waals surface area contributed by atoms with Crippen LogP contribution in [0.5, 0.6) is 5.75 Å². The predicted octanol–water partition coefficient (Wildman–Crippen LogP) is 4.08. The number of ether oxygens (including phenoxy) is 7. The molecule has 3 saturated heterocycles. The molecule has 1 aromatic carbocycles. The molecule has 0 amide bonds. The number of cyclic esters (lactones) is 1. The number of carbonyl (C=O) groups excluding carboxylic acids is 1. The Morgan fingerprint density at radius 1 is 0.986 bits per heavy atom. The summed E-state index contributed by atoms with van der Waals surface area (Å²) in [5, 5.41) is 68.2. The van der Waals surface area contributed by atoms with Gasteiger partial charge in [-0.2, -0.15) is 0 Å². The number of nitrogens with zero attached hydrogens (tertiary/aromatic N) is 5. The van der Waals surface area contributed by atoms with Crippen molar-refractivity contribution >= 4 is 5.97 Å². The molecule has 5 N–H and O–H groups in total. The molecule has 1 aromatic heterocycles. The molecule has 4 heterocycles. The number of aromatic nitrogens is 3. The minimum absolute atomic E-state index is 0.0914. The monoisotopic (exact) mass is 996 g/mol. The van der Waals surface area contributed by atoms with Crippen molar-refractivity contribution in [1.29, 1.82) is 0 Å². The first-order chi connectivity index (χ1) is 32.9. The third-order valence-corrected chi connectivity index (χ3v) is 15.4. The molecule has 3 aliphatic heterocycles. The van der Waals surface area contributed by atoms with Gasteiger partial charge in [0.1, 0.15) is 42.4 Å².